The summed E-state index contributed by atoms with van der Waals surface area (Å²) in [6.07, 6.45) is 4.71. The van der Waals surface area contributed by atoms with E-state index in [-0.39, 0.29) is 50.0 Å². The number of aromatic nitrogens is 2. The number of fused-ring (bicyclic) bond motifs is 12. The maximum absolute atomic E-state index is 2.66. The van der Waals surface area contributed by atoms with Gasteiger partial charge in [-0.15, -0.1) is 0 Å². The molecule has 0 saturated heterocycles. The monoisotopic (exact) mass is 1420 g/mol. The number of benzene rings is 12. The number of anilines is 6. The Labute approximate surface area is 649 Å². The quantitative estimate of drug-likeness (QED) is 0.148. The Hall–Kier alpha value is -10.1. The molecular weight excluding hydrogens is 1320 g/mol. The minimum atomic E-state index is -0.182. The van der Waals surface area contributed by atoms with E-state index in [4.69, 9.17) is 0 Å². The van der Waals surface area contributed by atoms with E-state index in [9.17, 15) is 0 Å². The van der Waals surface area contributed by atoms with Gasteiger partial charge < -0.3 is 18.9 Å². The van der Waals surface area contributed by atoms with E-state index < -0.39 is 0 Å². The molecule has 0 N–H and O–H groups in total. The summed E-state index contributed by atoms with van der Waals surface area (Å²) in [6.45, 7) is 47.3. The van der Waals surface area contributed by atoms with Crippen molar-refractivity contribution in [2.75, 3.05) is 9.80 Å². The van der Waals surface area contributed by atoms with Gasteiger partial charge in [0.05, 0.1) is 27.8 Å². The van der Waals surface area contributed by atoms with Gasteiger partial charge in [0.2, 0.25) is 0 Å². The molecule has 0 unspecified atom stereocenters. The van der Waals surface area contributed by atoms with Crippen LogP contribution in [0.25, 0.3) is 88.4 Å². The van der Waals surface area contributed by atoms with E-state index in [2.05, 4.69) is 394 Å². The van der Waals surface area contributed by atoms with Crippen LogP contribution in [0.5, 0.6) is 0 Å². The smallest absolute Gasteiger partial charge is 0.252 e. The Morgan fingerprint density at radius 2 is 0.606 bits per heavy atom. The lowest BCUT2D eigenvalue weighted by Crippen LogP contribution is -2.61. The zero-order valence-electron chi connectivity index (χ0n) is 68.2. The highest BCUT2D eigenvalue weighted by Gasteiger charge is 2.46. The standard InChI is InChI=1S/C104H107BN4/c1-97(2,3)70-34-25-64(26-35-70)69-33-47-92-87(57-69)105-86-46-43-76(108-88-24-22-21-23-78(88)79-58-71(98(4,5)6)36-48-89(79)108)61-93(86)107(75-41-29-66(30-42-75)68-32-45-83-85(56-68)104(19,20)54-52-102(83,15)16)95-63-77(109-90-49-37-72(99(7,8)9)59-80(90)81-60-73(100(10,11)12)38-50-91(81)109)62-94(96(95)105)106(92)74-39-27-65(28-40-74)67-31-44-82-84(55-67)103(17,18)53-51-101(82,13)14/h21-50,55-63H,51-54H2,1-20H3. The zero-order valence-corrected chi connectivity index (χ0v) is 68.2. The fourth-order valence-electron chi connectivity index (χ4n) is 19.2. The molecule has 0 atom stereocenters. The molecule has 2 aromatic heterocycles. The molecule has 0 fully saturated rings. The first-order valence-electron chi connectivity index (χ1n) is 40.3. The summed E-state index contributed by atoms with van der Waals surface area (Å²) in [5, 5.41) is 5.06. The second-order valence-corrected chi connectivity index (χ2v) is 39.6. The predicted octanol–water partition coefficient (Wildman–Crippen LogP) is 26.9. The molecule has 2 aliphatic heterocycles. The molecule has 0 bridgehead atoms. The van der Waals surface area contributed by atoms with Crippen LogP contribution >= 0.6 is 0 Å². The highest BCUT2D eigenvalue weighted by molar-refractivity contribution is 7.00. The molecule has 0 spiro atoms. The molecule has 546 valence electrons. The van der Waals surface area contributed by atoms with Gasteiger partial charge >= 0.3 is 0 Å². The maximum Gasteiger partial charge on any atom is 0.252 e. The molecule has 4 aliphatic rings. The third-order valence-electron chi connectivity index (χ3n) is 26.3. The van der Waals surface area contributed by atoms with Crippen molar-refractivity contribution in [2.24, 2.45) is 0 Å². The van der Waals surface area contributed by atoms with Crippen LogP contribution in [0.1, 0.15) is 209 Å². The summed E-state index contributed by atoms with van der Waals surface area (Å²) in [4.78, 5) is 5.30. The number of hydrogen-bond donors (Lipinski definition) is 0. The van der Waals surface area contributed by atoms with E-state index in [1.807, 2.05) is 0 Å². The van der Waals surface area contributed by atoms with Crippen molar-refractivity contribution in [1.29, 1.82) is 0 Å². The van der Waals surface area contributed by atoms with Crippen LogP contribution in [0, 0.1) is 0 Å². The second-order valence-electron chi connectivity index (χ2n) is 39.6. The summed E-state index contributed by atoms with van der Waals surface area (Å²) in [5.74, 6) is 0. The third kappa shape index (κ3) is 11.5. The molecular formula is C104H107BN4. The Morgan fingerprint density at radius 1 is 0.257 bits per heavy atom. The van der Waals surface area contributed by atoms with Gasteiger partial charge in [-0.25, -0.2) is 0 Å². The van der Waals surface area contributed by atoms with Crippen LogP contribution in [0.15, 0.2) is 237 Å². The normalized spacial score (nSPS) is 16.3. The van der Waals surface area contributed by atoms with Crippen LogP contribution < -0.4 is 26.2 Å². The van der Waals surface area contributed by atoms with Crippen molar-refractivity contribution in [1.82, 2.24) is 9.13 Å². The predicted molar refractivity (Wildman–Crippen MR) is 471 cm³/mol. The van der Waals surface area contributed by atoms with Gasteiger partial charge in [-0.1, -0.05) is 278 Å². The van der Waals surface area contributed by atoms with Crippen molar-refractivity contribution in [3.8, 4) is 44.8 Å². The highest BCUT2D eigenvalue weighted by Crippen LogP contribution is 2.53. The summed E-state index contributed by atoms with van der Waals surface area (Å²) >= 11 is 0. The molecule has 4 nitrogen and oxygen atoms in total. The third-order valence-corrected chi connectivity index (χ3v) is 26.3. The van der Waals surface area contributed by atoms with Crippen molar-refractivity contribution in [3.05, 3.63) is 281 Å². The van der Waals surface area contributed by atoms with Crippen LogP contribution in [0.4, 0.5) is 34.1 Å². The number of rotatable bonds is 7. The average Bonchev–Trinajstić information content (AvgIpc) is 1.28. The van der Waals surface area contributed by atoms with E-state index in [1.54, 1.807) is 0 Å². The highest BCUT2D eigenvalue weighted by atomic mass is 15.2. The Bertz CT molecular complexity index is 6000. The lowest BCUT2D eigenvalue weighted by molar-refractivity contribution is 0.332. The lowest BCUT2D eigenvalue weighted by Gasteiger charge is -2.44. The fourth-order valence-corrected chi connectivity index (χ4v) is 19.2. The van der Waals surface area contributed by atoms with Crippen LogP contribution in [0.3, 0.4) is 0 Å². The minimum absolute atomic E-state index is 0.0158. The molecule has 5 heteroatoms. The minimum Gasteiger partial charge on any atom is -0.311 e. The molecule has 14 aromatic rings. The molecule has 0 amide bonds. The largest absolute Gasteiger partial charge is 0.311 e. The topological polar surface area (TPSA) is 16.3 Å². The van der Waals surface area contributed by atoms with E-state index in [1.165, 1.54) is 175 Å². The van der Waals surface area contributed by atoms with Crippen LogP contribution in [-0.4, -0.2) is 15.8 Å². The first kappa shape index (κ1) is 70.6. The van der Waals surface area contributed by atoms with E-state index in [0.29, 0.717) is 0 Å². The van der Waals surface area contributed by atoms with Gasteiger partial charge in [-0.05, 0) is 260 Å². The van der Waals surface area contributed by atoms with Gasteiger partial charge in [-0.3, -0.25) is 0 Å². The molecule has 0 saturated carbocycles. The molecule has 18 rings (SSSR count). The second kappa shape index (κ2) is 24.2. The number of para-hydroxylation sites is 1. The van der Waals surface area contributed by atoms with E-state index >= 15 is 0 Å². The first-order valence-corrected chi connectivity index (χ1v) is 40.3. The molecule has 109 heavy (non-hydrogen) atoms. The first-order chi connectivity index (χ1) is 51.5. The van der Waals surface area contributed by atoms with Gasteiger partial charge in [0, 0.05) is 61.4 Å². The Kier molecular flexibility index (Phi) is 15.7. The summed E-state index contributed by atoms with van der Waals surface area (Å²) in [5.41, 5.74) is 36.6. The van der Waals surface area contributed by atoms with Crippen molar-refractivity contribution in [3.63, 3.8) is 0 Å². The fraction of sp³-hybridized carbons (Fsp3) is 0.308. The lowest BCUT2D eigenvalue weighted by atomic mass is 9.33. The van der Waals surface area contributed by atoms with Gasteiger partial charge in [0.1, 0.15) is 0 Å². The zero-order chi connectivity index (χ0) is 76.3. The maximum atomic E-state index is 2.66. The average molecular weight is 1420 g/mol. The SMILES string of the molecule is CC(C)(C)c1ccc(-c2ccc3c(c2)B2c4ccc(-n5c6ccccc6c6cc(C(C)(C)C)ccc65)cc4N(c4ccc(-c5ccc6c(c5)C(C)(C)CCC6(C)C)cc4)c4cc(-n5c6ccc(C(C)(C)C)cc6c6cc(C(C)(C)C)ccc65)cc(c42)N3c2ccc(-c3ccc4c(c3)C(C)(C)CCC4(C)C)cc2)cc1. The van der Waals surface area contributed by atoms with Gasteiger partial charge in [0.25, 0.3) is 6.71 Å². The summed E-state index contributed by atoms with van der Waals surface area (Å²) in [6, 6.07) is 94.2. The molecule has 2 aliphatic carbocycles. The molecule has 0 radical (unpaired) electrons. The van der Waals surface area contributed by atoms with Gasteiger partial charge in [0.15, 0.2) is 0 Å². The Morgan fingerprint density at radius 3 is 1.06 bits per heavy atom. The van der Waals surface area contributed by atoms with Crippen molar-refractivity contribution in [2.45, 2.75) is 207 Å². The Balaban J connectivity index is 0.936. The van der Waals surface area contributed by atoms with Gasteiger partial charge in [-0.2, -0.15) is 0 Å². The number of nitrogens with zero attached hydrogens (tertiary/aromatic N) is 4. The summed E-state index contributed by atoms with van der Waals surface area (Å²) < 4.78 is 5.14. The molecule has 4 heterocycles. The van der Waals surface area contributed by atoms with Crippen LogP contribution in [0.2, 0.25) is 0 Å². The van der Waals surface area contributed by atoms with Crippen LogP contribution in [-0.2, 0) is 43.3 Å². The number of hydrogen-bond acceptors (Lipinski definition) is 2. The van der Waals surface area contributed by atoms with Crippen molar-refractivity contribution < 1.29 is 0 Å². The summed E-state index contributed by atoms with van der Waals surface area (Å²) in [7, 11) is 0. The molecule has 12 aromatic carbocycles. The van der Waals surface area contributed by atoms with E-state index in [0.717, 1.165) is 34.1 Å². The van der Waals surface area contributed by atoms with Crippen molar-refractivity contribution >= 4 is 101 Å².